The molecule has 0 aliphatic heterocycles. The van der Waals surface area contributed by atoms with Crippen molar-refractivity contribution in [3.8, 4) is 16.9 Å². The van der Waals surface area contributed by atoms with Gasteiger partial charge in [-0.2, -0.15) is 0 Å². The van der Waals surface area contributed by atoms with Gasteiger partial charge in [0.15, 0.2) is 0 Å². The van der Waals surface area contributed by atoms with Gasteiger partial charge in [-0.3, -0.25) is 24.8 Å². The Hall–Kier alpha value is -3.12. The first kappa shape index (κ1) is 13.8. The Morgan fingerprint density at radius 3 is 2.36 bits per heavy atom. The van der Waals surface area contributed by atoms with Gasteiger partial charge in [0.05, 0.1) is 11.4 Å². The quantitative estimate of drug-likeness (QED) is 0.387. The van der Waals surface area contributed by atoms with Gasteiger partial charge < -0.3 is 0 Å². The third kappa shape index (κ3) is 2.55. The van der Waals surface area contributed by atoms with Crippen LogP contribution in [0.3, 0.4) is 0 Å². The normalized spacial score (nSPS) is 10.4. The fraction of sp³-hybridized carbons (Fsp3) is 0. The minimum absolute atomic E-state index is 0.192. The van der Waals surface area contributed by atoms with Crippen molar-refractivity contribution < 1.29 is 4.79 Å². The second-order valence-electron chi connectivity index (χ2n) is 4.73. The van der Waals surface area contributed by atoms with E-state index in [1.165, 1.54) is 6.07 Å². The highest BCUT2D eigenvalue weighted by Crippen LogP contribution is 2.20. The molecule has 0 saturated heterocycles. The van der Waals surface area contributed by atoms with Gasteiger partial charge in [-0.25, -0.2) is 5.84 Å². The van der Waals surface area contributed by atoms with Crippen LogP contribution in [0.15, 0.2) is 65.5 Å². The number of amides is 1. The summed E-state index contributed by atoms with van der Waals surface area (Å²) in [7, 11) is 0. The van der Waals surface area contributed by atoms with Crippen LogP contribution in [-0.2, 0) is 0 Å². The molecule has 0 radical (unpaired) electrons. The van der Waals surface area contributed by atoms with Gasteiger partial charge >= 0.3 is 0 Å². The maximum Gasteiger partial charge on any atom is 0.265 e. The van der Waals surface area contributed by atoms with E-state index in [1.807, 2.05) is 30.3 Å². The molecular formula is C16H14N4O2. The first-order chi connectivity index (χ1) is 10.7. The summed E-state index contributed by atoms with van der Waals surface area (Å²) in [5, 5.41) is 2.76. The van der Waals surface area contributed by atoms with Crippen LogP contribution < -0.4 is 16.8 Å². The number of hydrazine groups is 1. The highest BCUT2D eigenvalue weighted by molar-refractivity contribution is 5.93. The zero-order chi connectivity index (χ0) is 15.5. The largest absolute Gasteiger partial charge is 0.290 e. The van der Waals surface area contributed by atoms with E-state index in [9.17, 15) is 9.59 Å². The number of nitrogen functional groups attached to an aromatic ring is 1. The molecule has 6 heteroatoms. The van der Waals surface area contributed by atoms with E-state index in [1.54, 1.807) is 28.9 Å². The lowest BCUT2D eigenvalue weighted by Gasteiger charge is -2.09. The Balaban J connectivity index is 2.06. The summed E-state index contributed by atoms with van der Waals surface area (Å²) < 4.78 is 1.68. The monoisotopic (exact) mass is 294 g/mol. The molecule has 22 heavy (non-hydrogen) atoms. The van der Waals surface area contributed by atoms with Crippen LogP contribution in [-0.4, -0.2) is 15.7 Å². The fourth-order valence-electron chi connectivity index (χ4n) is 2.26. The Labute approximate surface area is 126 Å². The predicted octanol–water partition coefficient (Wildman–Crippen LogP) is 1.44. The number of carbonyl (C=O) groups excluding carboxylic acids is 1. The summed E-state index contributed by atoms with van der Waals surface area (Å²) >= 11 is 0. The number of carbonyl (C=O) groups is 1. The SMILES string of the molecule is NNC(=O)c1ccc(-n2[nH]c(=O)cc2-c2ccccc2)cc1. The average molecular weight is 294 g/mol. The Bertz CT molecular complexity index is 848. The first-order valence-electron chi connectivity index (χ1n) is 6.68. The van der Waals surface area contributed by atoms with E-state index in [4.69, 9.17) is 5.84 Å². The summed E-state index contributed by atoms with van der Waals surface area (Å²) in [6.07, 6.45) is 0. The molecule has 0 unspecified atom stereocenters. The smallest absolute Gasteiger partial charge is 0.265 e. The molecule has 0 aliphatic rings. The van der Waals surface area contributed by atoms with Gasteiger partial charge in [-0.05, 0) is 24.3 Å². The lowest BCUT2D eigenvalue weighted by atomic mass is 10.1. The zero-order valence-corrected chi connectivity index (χ0v) is 11.6. The number of rotatable bonds is 3. The zero-order valence-electron chi connectivity index (χ0n) is 11.6. The van der Waals surface area contributed by atoms with Crippen LogP contribution in [0, 0.1) is 0 Å². The lowest BCUT2D eigenvalue weighted by Crippen LogP contribution is -2.29. The Morgan fingerprint density at radius 1 is 1.05 bits per heavy atom. The number of hydrogen-bond donors (Lipinski definition) is 3. The molecule has 3 aromatic rings. The molecule has 0 saturated carbocycles. The molecule has 6 nitrogen and oxygen atoms in total. The van der Waals surface area contributed by atoms with E-state index in [0.29, 0.717) is 5.56 Å². The van der Waals surface area contributed by atoms with Crippen molar-refractivity contribution in [2.75, 3.05) is 0 Å². The second kappa shape index (κ2) is 5.71. The number of hydrogen-bond acceptors (Lipinski definition) is 3. The molecule has 2 aromatic carbocycles. The number of nitrogens with one attached hydrogen (secondary N) is 2. The molecular weight excluding hydrogens is 280 g/mol. The second-order valence-corrected chi connectivity index (χ2v) is 4.73. The van der Waals surface area contributed by atoms with E-state index >= 15 is 0 Å². The van der Waals surface area contributed by atoms with E-state index in [-0.39, 0.29) is 11.5 Å². The molecule has 3 rings (SSSR count). The molecule has 4 N–H and O–H groups in total. The predicted molar refractivity (Wildman–Crippen MR) is 83.5 cm³/mol. The standard InChI is InChI=1S/C16H14N4O2/c17-18-16(22)12-6-8-13(9-7-12)20-14(10-15(21)19-20)11-4-2-1-3-5-11/h1-10H,17H2,(H,18,22)(H,19,21). The first-order valence-corrected chi connectivity index (χ1v) is 6.68. The molecule has 0 aliphatic carbocycles. The van der Waals surface area contributed by atoms with Crippen molar-refractivity contribution >= 4 is 5.91 Å². The number of nitrogens with two attached hydrogens (primary N) is 1. The van der Waals surface area contributed by atoms with Crippen molar-refractivity contribution in [2.24, 2.45) is 5.84 Å². The van der Waals surface area contributed by atoms with Gasteiger partial charge in [0.25, 0.3) is 11.5 Å². The van der Waals surface area contributed by atoms with Gasteiger partial charge in [-0.15, -0.1) is 0 Å². The van der Waals surface area contributed by atoms with Gasteiger partial charge in [0.2, 0.25) is 0 Å². The molecule has 1 heterocycles. The summed E-state index contributed by atoms with van der Waals surface area (Å²) in [5.74, 6) is 4.74. The molecule has 0 atom stereocenters. The van der Waals surface area contributed by atoms with Crippen molar-refractivity contribution in [3.05, 3.63) is 76.6 Å². The molecule has 1 aromatic heterocycles. The molecule has 0 spiro atoms. The fourth-order valence-corrected chi connectivity index (χ4v) is 2.26. The van der Waals surface area contributed by atoms with Crippen LogP contribution >= 0.6 is 0 Å². The molecule has 0 bridgehead atoms. The van der Waals surface area contributed by atoms with Crippen molar-refractivity contribution in [1.29, 1.82) is 0 Å². The van der Waals surface area contributed by atoms with E-state index < -0.39 is 0 Å². The van der Waals surface area contributed by atoms with Crippen molar-refractivity contribution in [3.63, 3.8) is 0 Å². The van der Waals surface area contributed by atoms with Crippen molar-refractivity contribution in [1.82, 2.24) is 15.2 Å². The number of H-pyrrole nitrogens is 1. The Kier molecular flexibility index (Phi) is 3.59. The number of aromatic amines is 1. The topological polar surface area (TPSA) is 92.9 Å². The van der Waals surface area contributed by atoms with Crippen molar-refractivity contribution in [2.45, 2.75) is 0 Å². The minimum atomic E-state index is -0.365. The molecule has 110 valence electrons. The van der Waals surface area contributed by atoms with Gasteiger partial charge in [-0.1, -0.05) is 30.3 Å². The van der Waals surface area contributed by atoms with Gasteiger partial charge in [0, 0.05) is 17.2 Å². The van der Waals surface area contributed by atoms with Crippen LogP contribution in [0.1, 0.15) is 10.4 Å². The maximum atomic E-state index is 11.7. The summed E-state index contributed by atoms with van der Waals surface area (Å²) in [5.41, 5.74) is 4.75. The van der Waals surface area contributed by atoms with E-state index in [0.717, 1.165) is 16.9 Å². The summed E-state index contributed by atoms with van der Waals surface area (Å²) in [6, 6.07) is 17.9. The highest BCUT2D eigenvalue weighted by Gasteiger charge is 2.09. The number of nitrogens with zero attached hydrogens (tertiary/aromatic N) is 1. The maximum absolute atomic E-state index is 11.7. The molecule has 1 amide bonds. The minimum Gasteiger partial charge on any atom is -0.290 e. The van der Waals surface area contributed by atoms with Crippen LogP contribution in [0.4, 0.5) is 0 Å². The summed E-state index contributed by atoms with van der Waals surface area (Å²) in [4.78, 5) is 23.2. The summed E-state index contributed by atoms with van der Waals surface area (Å²) in [6.45, 7) is 0. The third-order valence-electron chi connectivity index (χ3n) is 3.32. The van der Waals surface area contributed by atoms with Crippen LogP contribution in [0.5, 0.6) is 0 Å². The average Bonchev–Trinajstić information content (AvgIpc) is 2.97. The number of aromatic nitrogens is 2. The van der Waals surface area contributed by atoms with Crippen LogP contribution in [0.25, 0.3) is 16.9 Å². The number of benzene rings is 2. The molecule has 0 fully saturated rings. The third-order valence-corrected chi connectivity index (χ3v) is 3.32. The lowest BCUT2D eigenvalue weighted by molar-refractivity contribution is 0.0953. The van der Waals surface area contributed by atoms with E-state index in [2.05, 4.69) is 10.5 Å². The van der Waals surface area contributed by atoms with Crippen LogP contribution in [0.2, 0.25) is 0 Å². The highest BCUT2D eigenvalue weighted by atomic mass is 16.2. The Morgan fingerprint density at radius 2 is 1.73 bits per heavy atom. The van der Waals surface area contributed by atoms with Gasteiger partial charge in [0.1, 0.15) is 0 Å².